The van der Waals surface area contributed by atoms with E-state index in [9.17, 15) is 14.7 Å². The van der Waals surface area contributed by atoms with Crippen LogP contribution in [0.2, 0.25) is 0 Å². The van der Waals surface area contributed by atoms with Crippen LogP contribution in [-0.4, -0.2) is 28.6 Å². The van der Waals surface area contributed by atoms with Gasteiger partial charge in [-0.15, -0.1) is 0 Å². The Bertz CT molecular complexity index is 453. The molecule has 2 aliphatic carbocycles. The smallest absolute Gasteiger partial charge is 0.302 e. The van der Waals surface area contributed by atoms with E-state index in [1.165, 1.54) is 13.8 Å². The summed E-state index contributed by atoms with van der Waals surface area (Å²) in [6.07, 6.45) is 3.32. The van der Waals surface area contributed by atoms with Crippen molar-refractivity contribution in [3.8, 4) is 0 Å². The van der Waals surface area contributed by atoms with Crippen LogP contribution in [0.5, 0.6) is 0 Å². The predicted molar refractivity (Wildman–Crippen MR) is 70.4 cm³/mol. The van der Waals surface area contributed by atoms with Gasteiger partial charge in [0, 0.05) is 24.7 Å². The maximum Gasteiger partial charge on any atom is 0.302 e. The summed E-state index contributed by atoms with van der Waals surface area (Å²) >= 11 is 0. The van der Waals surface area contributed by atoms with Crippen molar-refractivity contribution in [2.45, 2.75) is 58.7 Å². The molecule has 0 unspecified atom stereocenters. The van der Waals surface area contributed by atoms with Gasteiger partial charge in [0.2, 0.25) is 0 Å². The first kappa shape index (κ1) is 14.3. The maximum atomic E-state index is 11.6. The van der Waals surface area contributed by atoms with E-state index in [2.05, 4.69) is 0 Å². The molecule has 19 heavy (non-hydrogen) atoms. The molecule has 106 valence electrons. The number of carbonyl (C=O) groups excluding carboxylic acids is 2. The van der Waals surface area contributed by atoms with Crippen molar-refractivity contribution in [3.63, 3.8) is 0 Å². The average molecular weight is 266 g/mol. The summed E-state index contributed by atoms with van der Waals surface area (Å²) in [5.41, 5.74) is -0.698. The number of Topliss-reactive ketones (excluding diaryl/α,β-unsaturated/α-hetero) is 1. The molecule has 0 aromatic rings. The molecule has 0 aromatic heterocycles. The second-order valence-electron chi connectivity index (χ2n) is 6.19. The minimum absolute atomic E-state index is 0.00741. The Hall–Kier alpha value is -1.16. The quantitative estimate of drug-likeness (QED) is 0.776. The minimum atomic E-state index is -0.885. The number of carbonyl (C=O) groups is 2. The van der Waals surface area contributed by atoms with E-state index in [4.69, 9.17) is 4.74 Å². The molecule has 0 saturated heterocycles. The fourth-order valence-corrected chi connectivity index (χ4v) is 3.58. The molecule has 2 aliphatic rings. The fourth-order valence-electron chi connectivity index (χ4n) is 3.58. The highest BCUT2D eigenvalue weighted by Gasteiger charge is 2.58. The van der Waals surface area contributed by atoms with Gasteiger partial charge in [-0.2, -0.15) is 0 Å². The van der Waals surface area contributed by atoms with Crippen molar-refractivity contribution < 1.29 is 19.4 Å². The van der Waals surface area contributed by atoms with E-state index in [1.807, 2.05) is 19.9 Å². The molecule has 0 bridgehead atoms. The molecule has 2 rings (SSSR count). The lowest BCUT2D eigenvalue weighted by molar-refractivity contribution is -0.171. The zero-order chi connectivity index (χ0) is 14.4. The van der Waals surface area contributed by atoms with Crippen molar-refractivity contribution >= 4 is 11.8 Å². The Balaban J connectivity index is 2.32. The highest BCUT2D eigenvalue weighted by atomic mass is 16.5. The number of hydrogen-bond donors (Lipinski definition) is 1. The van der Waals surface area contributed by atoms with Gasteiger partial charge >= 0.3 is 5.97 Å². The summed E-state index contributed by atoms with van der Waals surface area (Å²) in [7, 11) is 0. The molecule has 0 radical (unpaired) electrons. The summed E-state index contributed by atoms with van der Waals surface area (Å²) in [5.74, 6) is -0.285. The van der Waals surface area contributed by atoms with Gasteiger partial charge in [0.05, 0.1) is 5.60 Å². The van der Waals surface area contributed by atoms with Crippen LogP contribution in [0.1, 0.15) is 47.0 Å². The predicted octanol–water partition coefficient (Wildman–Crippen LogP) is 2.00. The van der Waals surface area contributed by atoms with Crippen molar-refractivity contribution in [1.29, 1.82) is 0 Å². The number of esters is 1. The standard InChI is InChI=1S/C15H22O4/c1-9-13(19-11(3)17)5-6-15(18)8-12(10(2)16)7-14(9,15)4/h7,9,13,18H,5-6,8H2,1-4H3/t9-,13-,14+,15-/m0/s1. The summed E-state index contributed by atoms with van der Waals surface area (Å²) < 4.78 is 5.35. The van der Waals surface area contributed by atoms with Gasteiger partial charge in [-0.25, -0.2) is 0 Å². The first-order valence-corrected chi connectivity index (χ1v) is 6.82. The van der Waals surface area contributed by atoms with E-state index < -0.39 is 11.0 Å². The number of ether oxygens (including phenoxy) is 1. The zero-order valence-corrected chi connectivity index (χ0v) is 12.0. The molecule has 0 heterocycles. The molecule has 1 fully saturated rings. The lowest BCUT2D eigenvalue weighted by Crippen LogP contribution is -2.54. The number of aliphatic hydroxyl groups is 1. The molecule has 0 aliphatic heterocycles. The minimum Gasteiger partial charge on any atom is -0.462 e. The van der Waals surface area contributed by atoms with E-state index in [-0.39, 0.29) is 23.8 Å². The molecular formula is C15H22O4. The molecule has 0 amide bonds. The van der Waals surface area contributed by atoms with Crippen molar-refractivity contribution in [2.75, 3.05) is 0 Å². The van der Waals surface area contributed by atoms with Gasteiger partial charge in [-0.05, 0) is 25.3 Å². The van der Waals surface area contributed by atoms with E-state index >= 15 is 0 Å². The van der Waals surface area contributed by atoms with Crippen LogP contribution in [0, 0.1) is 11.3 Å². The van der Waals surface area contributed by atoms with E-state index in [0.29, 0.717) is 24.8 Å². The summed E-state index contributed by atoms with van der Waals surface area (Å²) in [4.78, 5) is 22.7. The Morgan fingerprint density at radius 3 is 2.58 bits per heavy atom. The van der Waals surface area contributed by atoms with Crippen molar-refractivity contribution in [2.24, 2.45) is 11.3 Å². The molecule has 1 saturated carbocycles. The topological polar surface area (TPSA) is 63.6 Å². The van der Waals surface area contributed by atoms with Gasteiger partial charge in [0.15, 0.2) is 5.78 Å². The van der Waals surface area contributed by atoms with Crippen LogP contribution in [-0.2, 0) is 14.3 Å². The van der Waals surface area contributed by atoms with E-state index in [1.54, 1.807) is 0 Å². The number of fused-ring (bicyclic) bond motifs is 1. The normalized spacial score (nSPS) is 41.4. The fraction of sp³-hybridized carbons (Fsp3) is 0.733. The SMILES string of the molecule is CC(=O)O[C@H]1CC[C@]2(O)CC(C(C)=O)=C[C@]2(C)[C@H]1C. The Kier molecular flexibility index (Phi) is 3.33. The number of ketones is 1. The molecular weight excluding hydrogens is 244 g/mol. The monoisotopic (exact) mass is 266 g/mol. The first-order chi connectivity index (χ1) is 8.69. The Morgan fingerprint density at radius 1 is 1.42 bits per heavy atom. The van der Waals surface area contributed by atoms with Gasteiger partial charge in [0.25, 0.3) is 0 Å². The van der Waals surface area contributed by atoms with Crippen molar-refractivity contribution in [3.05, 3.63) is 11.6 Å². The van der Waals surface area contributed by atoms with Gasteiger partial charge in [-0.3, -0.25) is 9.59 Å². The summed E-state index contributed by atoms with van der Waals surface area (Å²) in [6.45, 7) is 6.88. The third-order valence-corrected chi connectivity index (χ3v) is 5.08. The van der Waals surface area contributed by atoms with Crippen molar-refractivity contribution in [1.82, 2.24) is 0 Å². The Morgan fingerprint density at radius 2 is 2.05 bits per heavy atom. The second-order valence-corrected chi connectivity index (χ2v) is 6.19. The highest BCUT2D eigenvalue weighted by Crippen LogP contribution is 2.56. The van der Waals surface area contributed by atoms with Gasteiger partial charge in [0.1, 0.15) is 6.10 Å². The van der Waals surface area contributed by atoms with Crippen LogP contribution in [0.25, 0.3) is 0 Å². The number of hydrogen-bond acceptors (Lipinski definition) is 4. The molecule has 0 aromatic carbocycles. The molecule has 4 heteroatoms. The van der Waals surface area contributed by atoms with Crippen LogP contribution < -0.4 is 0 Å². The lowest BCUT2D eigenvalue weighted by atomic mass is 9.59. The summed E-state index contributed by atoms with van der Waals surface area (Å²) in [5, 5.41) is 10.9. The molecule has 4 atom stereocenters. The summed E-state index contributed by atoms with van der Waals surface area (Å²) in [6, 6.07) is 0. The largest absolute Gasteiger partial charge is 0.462 e. The third kappa shape index (κ3) is 2.12. The van der Waals surface area contributed by atoms with Gasteiger partial charge < -0.3 is 9.84 Å². The number of rotatable bonds is 2. The van der Waals surface area contributed by atoms with E-state index in [0.717, 1.165) is 0 Å². The van der Waals surface area contributed by atoms with Crippen LogP contribution in [0.3, 0.4) is 0 Å². The zero-order valence-electron chi connectivity index (χ0n) is 12.0. The lowest BCUT2D eigenvalue weighted by Gasteiger charge is -2.50. The Labute approximate surface area is 113 Å². The third-order valence-electron chi connectivity index (χ3n) is 5.08. The average Bonchev–Trinajstić information content (AvgIpc) is 2.58. The second kappa shape index (κ2) is 4.44. The highest BCUT2D eigenvalue weighted by molar-refractivity contribution is 5.94. The first-order valence-electron chi connectivity index (χ1n) is 6.82. The molecule has 1 N–H and O–H groups in total. The van der Waals surface area contributed by atoms with Gasteiger partial charge in [-0.1, -0.05) is 19.9 Å². The molecule has 0 spiro atoms. The van der Waals surface area contributed by atoms with Crippen LogP contribution in [0.15, 0.2) is 11.6 Å². The molecule has 4 nitrogen and oxygen atoms in total. The van der Waals surface area contributed by atoms with Crippen LogP contribution in [0.4, 0.5) is 0 Å². The maximum absolute atomic E-state index is 11.6. The van der Waals surface area contributed by atoms with Crippen LogP contribution >= 0.6 is 0 Å².